The van der Waals surface area contributed by atoms with Crippen molar-refractivity contribution in [3.8, 4) is 5.75 Å². The lowest BCUT2D eigenvalue weighted by atomic mass is 10.2. The summed E-state index contributed by atoms with van der Waals surface area (Å²) in [5.74, 6) is 0.912. The zero-order valence-corrected chi connectivity index (χ0v) is 13.6. The van der Waals surface area contributed by atoms with Crippen LogP contribution in [0.15, 0.2) is 73.3 Å². The van der Waals surface area contributed by atoms with Gasteiger partial charge in [0.05, 0.1) is 0 Å². The zero-order chi connectivity index (χ0) is 16.5. The molecule has 0 amide bonds. The van der Waals surface area contributed by atoms with E-state index in [9.17, 15) is 0 Å². The first kappa shape index (κ1) is 16.1. The Bertz CT molecular complexity index is 732. The molecule has 0 fully saturated rings. The third-order valence-corrected chi connectivity index (χ3v) is 3.72. The molecule has 3 rings (SSSR count). The van der Waals surface area contributed by atoms with Crippen molar-refractivity contribution in [3.05, 3.63) is 90.0 Å². The number of benzene rings is 1. The van der Waals surface area contributed by atoms with Crippen LogP contribution in [-0.2, 0) is 19.6 Å². The highest BCUT2D eigenvalue weighted by Crippen LogP contribution is 2.19. The van der Waals surface area contributed by atoms with Crippen molar-refractivity contribution in [1.29, 1.82) is 0 Å². The van der Waals surface area contributed by atoms with Gasteiger partial charge in [-0.2, -0.15) is 0 Å². The molecule has 1 N–H and O–H groups in total. The van der Waals surface area contributed by atoms with Crippen molar-refractivity contribution in [3.63, 3.8) is 0 Å². The third-order valence-electron chi connectivity index (χ3n) is 3.72. The SMILES string of the molecule is c1cncc(CCNCc2ccccc2OCc2cccnc2)c1. The monoisotopic (exact) mass is 319 g/mol. The van der Waals surface area contributed by atoms with Crippen molar-refractivity contribution >= 4 is 0 Å². The number of pyridine rings is 2. The van der Waals surface area contributed by atoms with E-state index in [2.05, 4.69) is 27.4 Å². The van der Waals surface area contributed by atoms with E-state index in [0.717, 1.165) is 36.4 Å². The molecule has 4 nitrogen and oxygen atoms in total. The summed E-state index contributed by atoms with van der Waals surface area (Å²) in [6.07, 6.45) is 8.27. The second kappa shape index (κ2) is 8.79. The molecule has 4 heteroatoms. The first-order valence-corrected chi connectivity index (χ1v) is 8.11. The summed E-state index contributed by atoms with van der Waals surface area (Å²) in [6.45, 7) is 2.21. The van der Waals surface area contributed by atoms with E-state index in [1.807, 2.05) is 48.8 Å². The molecular formula is C20H21N3O. The van der Waals surface area contributed by atoms with E-state index >= 15 is 0 Å². The van der Waals surface area contributed by atoms with Gasteiger partial charge in [-0.3, -0.25) is 9.97 Å². The summed E-state index contributed by atoms with van der Waals surface area (Å²) in [6, 6.07) is 16.1. The molecular weight excluding hydrogens is 298 g/mol. The van der Waals surface area contributed by atoms with E-state index < -0.39 is 0 Å². The highest BCUT2D eigenvalue weighted by molar-refractivity contribution is 5.33. The minimum absolute atomic E-state index is 0.528. The normalized spacial score (nSPS) is 10.5. The van der Waals surface area contributed by atoms with Crippen LogP contribution in [0.5, 0.6) is 5.75 Å². The van der Waals surface area contributed by atoms with Crippen LogP contribution in [0.25, 0.3) is 0 Å². The molecule has 0 unspecified atom stereocenters. The number of nitrogens with one attached hydrogen (secondary N) is 1. The van der Waals surface area contributed by atoms with Gasteiger partial charge in [0.25, 0.3) is 0 Å². The molecule has 0 spiro atoms. The van der Waals surface area contributed by atoms with Gasteiger partial charge in [-0.1, -0.05) is 30.3 Å². The minimum Gasteiger partial charge on any atom is -0.489 e. The fourth-order valence-electron chi connectivity index (χ4n) is 2.44. The standard InChI is InChI=1S/C20H21N3O/c1-2-8-20(24-16-18-6-4-11-22-14-18)19(7-1)15-23-12-9-17-5-3-10-21-13-17/h1-8,10-11,13-14,23H,9,12,15-16H2. The van der Waals surface area contributed by atoms with Crippen LogP contribution in [0, 0.1) is 0 Å². The number of nitrogens with zero attached hydrogens (tertiary/aromatic N) is 2. The maximum atomic E-state index is 5.95. The summed E-state index contributed by atoms with van der Waals surface area (Å²) >= 11 is 0. The van der Waals surface area contributed by atoms with Gasteiger partial charge in [0.1, 0.15) is 12.4 Å². The summed E-state index contributed by atoms with van der Waals surface area (Å²) in [5, 5.41) is 3.47. The quantitative estimate of drug-likeness (QED) is 0.647. The van der Waals surface area contributed by atoms with Crippen LogP contribution in [0.1, 0.15) is 16.7 Å². The van der Waals surface area contributed by atoms with Gasteiger partial charge in [-0.25, -0.2) is 0 Å². The van der Waals surface area contributed by atoms with E-state index in [-0.39, 0.29) is 0 Å². The lowest BCUT2D eigenvalue weighted by Crippen LogP contribution is -2.17. The van der Waals surface area contributed by atoms with Crippen molar-refractivity contribution in [2.24, 2.45) is 0 Å². The molecule has 0 atom stereocenters. The maximum absolute atomic E-state index is 5.95. The average Bonchev–Trinajstić information content (AvgIpc) is 2.66. The molecule has 0 aliphatic heterocycles. The molecule has 0 aliphatic carbocycles. The number of hydrogen-bond donors (Lipinski definition) is 1. The molecule has 0 aliphatic rings. The maximum Gasteiger partial charge on any atom is 0.124 e. The largest absolute Gasteiger partial charge is 0.489 e. The van der Waals surface area contributed by atoms with Crippen LogP contribution < -0.4 is 10.1 Å². The van der Waals surface area contributed by atoms with Gasteiger partial charge >= 0.3 is 0 Å². The first-order chi connectivity index (χ1) is 11.9. The molecule has 0 saturated heterocycles. The Labute approximate surface area is 142 Å². The van der Waals surface area contributed by atoms with E-state index in [0.29, 0.717) is 6.61 Å². The van der Waals surface area contributed by atoms with Gasteiger partial charge < -0.3 is 10.1 Å². The van der Waals surface area contributed by atoms with Crippen molar-refractivity contribution in [1.82, 2.24) is 15.3 Å². The second-order valence-electron chi connectivity index (χ2n) is 5.55. The van der Waals surface area contributed by atoms with Crippen LogP contribution >= 0.6 is 0 Å². The Hall–Kier alpha value is -2.72. The van der Waals surface area contributed by atoms with Crippen molar-refractivity contribution < 1.29 is 4.74 Å². The molecule has 24 heavy (non-hydrogen) atoms. The van der Waals surface area contributed by atoms with Crippen LogP contribution in [0.4, 0.5) is 0 Å². The number of hydrogen-bond acceptors (Lipinski definition) is 4. The predicted octanol–water partition coefficient (Wildman–Crippen LogP) is 3.39. The van der Waals surface area contributed by atoms with Gasteiger partial charge in [0.2, 0.25) is 0 Å². The fourth-order valence-corrected chi connectivity index (χ4v) is 2.44. The summed E-state index contributed by atoms with van der Waals surface area (Å²) < 4.78 is 5.95. The number of aromatic nitrogens is 2. The highest BCUT2D eigenvalue weighted by atomic mass is 16.5. The Morgan fingerprint density at radius 2 is 1.58 bits per heavy atom. The molecule has 1 aromatic carbocycles. The molecule has 0 saturated carbocycles. The minimum atomic E-state index is 0.528. The number of para-hydroxylation sites is 1. The zero-order valence-electron chi connectivity index (χ0n) is 13.6. The number of ether oxygens (including phenoxy) is 1. The first-order valence-electron chi connectivity index (χ1n) is 8.11. The van der Waals surface area contributed by atoms with Crippen LogP contribution in [0.2, 0.25) is 0 Å². The second-order valence-corrected chi connectivity index (χ2v) is 5.55. The topological polar surface area (TPSA) is 47.0 Å². The highest BCUT2D eigenvalue weighted by Gasteiger charge is 2.03. The number of rotatable bonds is 8. The molecule has 0 radical (unpaired) electrons. The smallest absolute Gasteiger partial charge is 0.124 e. The third kappa shape index (κ3) is 4.89. The molecule has 0 bridgehead atoms. The predicted molar refractivity (Wildman–Crippen MR) is 94.7 cm³/mol. The van der Waals surface area contributed by atoms with Crippen LogP contribution in [0.3, 0.4) is 0 Å². The van der Waals surface area contributed by atoms with Gasteiger partial charge in [0.15, 0.2) is 0 Å². The molecule has 2 heterocycles. The molecule has 2 aromatic heterocycles. The Balaban J connectivity index is 1.50. The Morgan fingerprint density at radius 1 is 0.833 bits per heavy atom. The van der Waals surface area contributed by atoms with Gasteiger partial charge in [0, 0.05) is 42.5 Å². The average molecular weight is 319 g/mol. The lowest BCUT2D eigenvalue weighted by molar-refractivity contribution is 0.301. The van der Waals surface area contributed by atoms with Crippen molar-refractivity contribution in [2.45, 2.75) is 19.6 Å². The fraction of sp³-hybridized carbons (Fsp3) is 0.200. The Morgan fingerprint density at radius 3 is 2.33 bits per heavy atom. The van der Waals surface area contributed by atoms with Gasteiger partial charge in [-0.15, -0.1) is 0 Å². The summed E-state index contributed by atoms with van der Waals surface area (Å²) in [4.78, 5) is 8.25. The van der Waals surface area contributed by atoms with Crippen LogP contribution in [-0.4, -0.2) is 16.5 Å². The Kier molecular flexibility index (Phi) is 5.92. The van der Waals surface area contributed by atoms with Gasteiger partial charge in [-0.05, 0) is 36.7 Å². The molecule has 3 aromatic rings. The van der Waals surface area contributed by atoms with E-state index in [4.69, 9.17) is 4.74 Å². The van der Waals surface area contributed by atoms with E-state index in [1.54, 1.807) is 12.4 Å². The molecule has 122 valence electrons. The lowest BCUT2D eigenvalue weighted by Gasteiger charge is -2.12. The summed E-state index contributed by atoms with van der Waals surface area (Å²) in [7, 11) is 0. The van der Waals surface area contributed by atoms with Crippen molar-refractivity contribution in [2.75, 3.05) is 6.54 Å². The summed E-state index contributed by atoms with van der Waals surface area (Å²) in [5.41, 5.74) is 3.47. The van der Waals surface area contributed by atoms with E-state index in [1.165, 1.54) is 5.56 Å².